The lowest BCUT2D eigenvalue weighted by Gasteiger charge is -2.09. The smallest absolute Gasteiger partial charge is 0.282 e. The number of aryl methyl sites for hydroxylation is 3. The van der Waals surface area contributed by atoms with Gasteiger partial charge in [-0.05, 0) is 74.4 Å². The quantitative estimate of drug-likeness (QED) is 0.436. The fraction of sp³-hybridized carbons (Fsp3) is 0.136. The van der Waals surface area contributed by atoms with Gasteiger partial charge in [0.05, 0.1) is 22.8 Å². The Morgan fingerprint density at radius 2 is 1.86 bits per heavy atom. The average molecular weight is 435 g/mol. The zero-order valence-electron chi connectivity index (χ0n) is 15.8. The number of hydrogen-bond donors (Lipinski definition) is 0. The predicted octanol–water partition coefficient (Wildman–Crippen LogP) is 4.76. The van der Waals surface area contributed by atoms with E-state index in [2.05, 4.69) is 58.1 Å². The number of benzene rings is 2. The monoisotopic (exact) mass is 434 g/mol. The molecule has 140 valence electrons. The van der Waals surface area contributed by atoms with E-state index >= 15 is 0 Å². The summed E-state index contributed by atoms with van der Waals surface area (Å²) >= 11 is 3.41. The summed E-state index contributed by atoms with van der Waals surface area (Å²) in [6.45, 7) is 5.97. The SMILES string of the molecule is Cc1ccc(-n2cccc2C=Nn2c(C)nc3ccc(Br)cc3c2=O)cc1C. The predicted molar refractivity (Wildman–Crippen MR) is 117 cm³/mol. The molecule has 28 heavy (non-hydrogen) atoms. The number of hydrogen-bond acceptors (Lipinski definition) is 3. The van der Waals surface area contributed by atoms with E-state index < -0.39 is 0 Å². The minimum Gasteiger partial charge on any atom is -0.316 e. The van der Waals surface area contributed by atoms with Crippen LogP contribution in [0.5, 0.6) is 0 Å². The molecule has 0 aliphatic rings. The molecule has 0 aliphatic carbocycles. The minimum atomic E-state index is -0.190. The molecule has 0 fully saturated rings. The van der Waals surface area contributed by atoms with Crippen molar-refractivity contribution in [2.24, 2.45) is 5.10 Å². The molecule has 2 aromatic carbocycles. The van der Waals surface area contributed by atoms with Gasteiger partial charge < -0.3 is 4.57 Å². The molecule has 0 saturated heterocycles. The lowest BCUT2D eigenvalue weighted by molar-refractivity contribution is 0.769. The Bertz CT molecular complexity index is 1280. The minimum absolute atomic E-state index is 0.190. The topological polar surface area (TPSA) is 52.2 Å². The number of nitrogens with zero attached hydrogens (tertiary/aromatic N) is 4. The van der Waals surface area contributed by atoms with E-state index in [0.29, 0.717) is 16.7 Å². The molecule has 0 atom stereocenters. The maximum atomic E-state index is 12.9. The number of halogens is 1. The van der Waals surface area contributed by atoms with Crippen molar-refractivity contribution in [2.45, 2.75) is 20.8 Å². The van der Waals surface area contributed by atoms with E-state index in [0.717, 1.165) is 15.9 Å². The van der Waals surface area contributed by atoms with Crippen molar-refractivity contribution in [3.63, 3.8) is 0 Å². The molecular formula is C22H19BrN4O. The van der Waals surface area contributed by atoms with Gasteiger partial charge in [0.25, 0.3) is 5.56 Å². The molecule has 0 aliphatic heterocycles. The Morgan fingerprint density at radius 3 is 2.64 bits per heavy atom. The zero-order chi connectivity index (χ0) is 19.8. The third kappa shape index (κ3) is 3.31. The summed E-state index contributed by atoms with van der Waals surface area (Å²) in [6, 6.07) is 15.7. The van der Waals surface area contributed by atoms with E-state index in [-0.39, 0.29) is 5.56 Å². The molecule has 0 unspecified atom stereocenters. The van der Waals surface area contributed by atoms with Gasteiger partial charge in [-0.3, -0.25) is 4.79 Å². The largest absolute Gasteiger partial charge is 0.316 e. The summed E-state index contributed by atoms with van der Waals surface area (Å²) in [5.41, 5.74) is 4.88. The van der Waals surface area contributed by atoms with Crippen LogP contribution in [0, 0.1) is 20.8 Å². The highest BCUT2D eigenvalue weighted by Crippen LogP contribution is 2.17. The number of fused-ring (bicyclic) bond motifs is 1. The fourth-order valence-electron chi connectivity index (χ4n) is 3.12. The highest BCUT2D eigenvalue weighted by molar-refractivity contribution is 9.10. The Labute approximate surface area is 171 Å². The summed E-state index contributed by atoms with van der Waals surface area (Å²) in [5, 5.41) is 4.96. The molecule has 0 radical (unpaired) electrons. The third-order valence-electron chi connectivity index (χ3n) is 4.82. The first kappa shape index (κ1) is 18.4. The van der Waals surface area contributed by atoms with Gasteiger partial charge in [-0.2, -0.15) is 9.78 Å². The first-order chi connectivity index (χ1) is 13.4. The normalized spacial score (nSPS) is 11.6. The first-order valence-electron chi connectivity index (χ1n) is 8.92. The van der Waals surface area contributed by atoms with Gasteiger partial charge >= 0.3 is 0 Å². The summed E-state index contributed by atoms with van der Waals surface area (Å²) in [4.78, 5) is 17.4. The van der Waals surface area contributed by atoms with Gasteiger partial charge in [0.15, 0.2) is 0 Å². The summed E-state index contributed by atoms with van der Waals surface area (Å²) in [7, 11) is 0. The van der Waals surface area contributed by atoms with Gasteiger partial charge in [-0.25, -0.2) is 4.98 Å². The van der Waals surface area contributed by atoms with Crippen LogP contribution >= 0.6 is 15.9 Å². The average Bonchev–Trinajstić information content (AvgIpc) is 3.13. The van der Waals surface area contributed by atoms with Crippen molar-refractivity contribution in [3.8, 4) is 5.69 Å². The van der Waals surface area contributed by atoms with Crippen molar-refractivity contribution in [3.05, 3.63) is 92.2 Å². The van der Waals surface area contributed by atoms with E-state index in [4.69, 9.17) is 0 Å². The summed E-state index contributed by atoms with van der Waals surface area (Å²) in [6.07, 6.45) is 3.67. The molecule has 0 saturated carbocycles. The van der Waals surface area contributed by atoms with Crippen LogP contribution in [-0.4, -0.2) is 20.4 Å². The van der Waals surface area contributed by atoms with Gasteiger partial charge in [-0.1, -0.05) is 22.0 Å². The van der Waals surface area contributed by atoms with E-state index in [1.165, 1.54) is 15.8 Å². The first-order valence-corrected chi connectivity index (χ1v) is 9.71. The number of aromatic nitrogens is 3. The van der Waals surface area contributed by atoms with Gasteiger partial charge in [-0.15, -0.1) is 0 Å². The lowest BCUT2D eigenvalue weighted by Crippen LogP contribution is -2.20. The molecule has 0 spiro atoms. The standard InChI is InChI=1S/C22H19BrN4O/c1-14-6-8-18(11-15(14)2)26-10-4-5-19(26)13-24-27-16(3)25-21-9-7-17(23)12-20(21)22(27)28/h4-13H,1-3H3. The zero-order valence-corrected chi connectivity index (χ0v) is 17.4. The van der Waals surface area contributed by atoms with Gasteiger partial charge in [0, 0.05) is 16.4 Å². The van der Waals surface area contributed by atoms with Crippen LogP contribution in [0.2, 0.25) is 0 Å². The Balaban J connectivity index is 1.78. The van der Waals surface area contributed by atoms with Crippen molar-refractivity contribution < 1.29 is 0 Å². The van der Waals surface area contributed by atoms with Crippen LogP contribution in [0.25, 0.3) is 16.6 Å². The van der Waals surface area contributed by atoms with Crippen molar-refractivity contribution in [1.82, 2.24) is 14.2 Å². The van der Waals surface area contributed by atoms with Crippen LogP contribution in [0.15, 0.2) is 69.1 Å². The lowest BCUT2D eigenvalue weighted by atomic mass is 10.1. The van der Waals surface area contributed by atoms with E-state index in [1.54, 1.807) is 19.2 Å². The molecule has 0 bridgehead atoms. The van der Waals surface area contributed by atoms with Gasteiger partial charge in [0.2, 0.25) is 0 Å². The Morgan fingerprint density at radius 1 is 1.04 bits per heavy atom. The number of rotatable bonds is 3. The van der Waals surface area contributed by atoms with Crippen molar-refractivity contribution in [2.75, 3.05) is 0 Å². The molecule has 4 aromatic rings. The van der Waals surface area contributed by atoms with Crippen LogP contribution in [0.1, 0.15) is 22.6 Å². The molecule has 4 rings (SSSR count). The van der Waals surface area contributed by atoms with Crippen LogP contribution in [0.3, 0.4) is 0 Å². The molecule has 5 nitrogen and oxygen atoms in total. The highest BCUT2D eigenvalue weighted by atomic mass is 79.9. The summed E-state index contributed by atoms with van der Waals surface area (Å²) < 4.78 is 4.22. The molecule has 0 amide bonds. The second-order valence-corrected chi connectivity index (χ2v) is 7.67. The summed E-state index contributed by atoms with van der Waals surface area (Å²) in [5.74, 6) is 0.542. The van der Waals surface area contributed by atoms with E-state index in [9.17, 15) is 4.79 Å². The molecular weight excluding hydrogens is 416 g/mol. The molecule has 0 N–H and O–H groups in total. The second kappa shape index (κ2) is 7.20. The maximum Gasteiger partial charge on any atom is 0.282 e. The Hall–Kier alpha value is -2.99. The fourth-order valence-corrected chi connectivity index (χ4v) is 3.48. The molecule has 2 heterocycles. The van der Waals surface area contributed by atoms with Gasteiger partial charge in [0.1, 0.15) is 5.82 Å². The second-order valence-electron chi connectivity index (χ2n) is 6.75. The van der Waals surface area contributed by atoms with E-state index in [1.807, 2.05) is 35.0 Å². The third-order valence-corrected chi connectivity index (χ3v) is 5.32. The Kier molecular flexibility index (Phi) is 4.73. The van der Waals surface area contributed by atoms with Crippen LogP contribution in [-0.2, 0) is 0 Å². The molecule has 6 heteroatoms. The van der Waals surface area contributed by atoms with Crippen molar-refractivity contribution in [1.29, 1.82) is 0 Å². The maximum absolute atomic E-state index is 12.9. The van der Waals surface area contributed by atoms with Crippen LogP contribution in [0.4, 0.5) is 0 Å². The highest BCUT2D eigenvalue weighted by Gasteiger charge is 2.08. The van der Waals surface area contributed by atoms with Crippen molar-refractivity contribution >= 4 is 33.0 Å². The van der Waals surface area contributed by atoms with Crippen LogP contribution < -0.4 is 5.56 Å². The molecule has 2 aromatic heterocycles.